The molecular weight excluding hydrogens is 426 g/mol. The number of thiazole rings is 1. The van der Waals surface area contributed by atoms with E-state index in [1.807, 2.05) is 49.4 Å². The summed E-state index contributed by atoms with van der Waals surface area (Å²) in [4.78, 5) is 4.28. The minimum Gasteiger partial charge on any atom is -0.494 e. The van der Waals surface area contributed by atoms with Gasteiger partial charge in [-0.2, -0.15) is 0 Å². The first-order valence-corrected chi connectivity index (χ1v) is 10.4. The number of benzene rings is 2. The summed E-state index contributed by atoms with van der Waals surface area (Å²) in [5, 5.41) is 1.84. The van der Waals surface area contributed by atoms with Crippen molar-refractivity contribution in [3.8, 4) is 5.75 Å². The minimum atomic E-state index is 0.768. The van der Waals surface area contributed by atoms with Crippen molar-refractivity contribution in [2.75, 3.05) is 11.9 Å². The zero-order valence-corrected chi connectivity index (χ0v) is 17.4. The Bertz CT molecular complexity index is 740. The lowest BCUT2D eigenvalue weighted by atomic mass is 10.2. The molecule has 0 aliphatic carbocycles. The van der Waals surface area contributed by atoms with Crippen LogP contribution in [0.2, 0.25) is 5.02 Å². The second-order valence-corrected chi connectivity index (χ2v) is 8.15. The van der Waals surface area contributed by atoms with Gasteiger partial charge in [0.25, 0.3) is 0 Å². The van der Waals surface area contributed by atoms with Gasteiger partial charge in [0.15, 0.2) is 0 Å². The fourth-order valence-electron chi connectivity index (χ4n) is 1.90. The van der Waals surface area contributed by atoms with Crippen molar-refractivity contribution < 1.29 is 4.74 Å². The monoisotopic (exact) mass is 443 g/mol. The third kappa shape index (κ3) is 6.63. The van der Waals surface area contributed by atoms with E-state index in [0.717, 1.165) is 50.1 Å². The van der Waals surface area contributed by atoms with E-state index in [4.69, 9.17) is 16.3 Å². The van der Waals surface area contributed by atoms with E-state index >= 15 is 0 Å². The normalized spacial score (nSPS) is 10.3. The van der Waals surface area contributed by atoms with Crippen LogP contribution in [0.3, 0.4) is 0 Å². The summed E-state index contributed by atoms with van der Waals surface area (Å²) in [5.74, 6) is 0.916. The average Bonchev–Trinajstić information content (AvgIpc) is 2.94. The van der Waals surface area contributed by atoms with Crippen molar-refractivity contribution in [2.45, 2.75) is 24.1 Å². The zero-order chi connectivity index (χ0) is 17.4. The molecule has 6 heteroatoms. The maximum Gasteiger partial charge on any atom is 0.148 e. The average molecular weight is 445 g/mol. The summed E-state index contributed by atoms with van der Waals surface area (Å²) in [6.07, 6.45) is 2.22. The molecule has 0 atom stereocenters. The smallest absolute Gasteiger partial charge is 0.148 e. The maximum atomic E-state index is 5.66. The number of nitrogens with zero attached hydrogens (tertiary/aromatic N) is 1. The van der Waals surface area contributed by atoms with Crippen LogP contribution in [0.1, 0.15) is 18.4 Å². The number of rotatable bonds is 5. The SMILES string of the molecule is Cc1ccc(Cl)cc1.Sc1nc2ccc(OCCCCBr)cc2s1. The lowest BCUT2D eigenvalue weighted by Crippen LogP contribution is -1.97. The molecule has 0 spiro atoms. The molecule has 0 radical (unpaired) electrons. The van der Waals surface area contributed by atoms with Gasteiger partial charge < -0.3 is 4.74 Å². The van der Waals surface area contributed by atoms with Crippen LogP contribution in [0.25, 0.3) is 10.2 Å². The summed E-state index contributed by atoms with van der Waals surface area (Å²) >= 11 is 14.8. The van der Waals surface area contributed by atoms with E-state index < -0.39 is 0 Å². The molecule has 1 heterocycles. The van der Waals surface area contributed by atoms with Gasteiger partial charge in [-0.05, 0) is 50.1 Å². The topological polar surface area (TPSA) is 22.1 Å². The minimum absolute atomic E-state index is 0.768. The highest BCUT2D eigenvalue weighted by molar-refractivity contribution is 9.09. The third-order valence-electron chi connectivity index (χ3n) is 3.16. The molecule has 128 valence electrons. The van der Waals surface area contributed by atoms with E-state index in [0.29, 0.717) is 0 Å². The summed E-state index contributed by atoms with van der Waals surface area (Å²) in [7, 11) is 0. The number of hydrogen-bond acceptors (Lipinski definition) is 4. The predicted molar refractivity (Wildman–Crippen MR) is 112 cm³/mol. The van der Waals surface area contributed by atoms with Gasteiger partial charge in [0, 0.05) is 10.4 Å². The Hall–Kier alpha value is -0.750. The van der Waals surface area contributed by atoms with Crippen molar-refractivity contribution in [2.24, 2.45) is 0 Å². The summed E-state index contributed by atoms with van der Waals surface area (Å²) in [5.41, 5.74) is 2.23. The molecule has 0 aliphatic heterocycles. The first-order chi connectivity index (χ1) is 11.6. The van der Waals surface area contributed by atoms with E-state index in [1.54, 1.807) is 11.3 Å². The number of halogens is 2. The van der Waals surface area contributed by atoms with Gasteiger partial charge in [-0.3, -0.25) is 0 Å². The number of unbranched alkanes of at least 4 members (excludes halogenated alkanes) is 1. The Kier molecular flexibility index (Phi) is 8.39. The molecule has 2 nitrogen and oxygen atoms in total. The van der Waals surface area contributed by atoms with E-state index in [1.165, 1.54) is 5.56 Å². The van der Waals surface area contributed by atoms with Crippen LogP contribution in [-0.4, -0.2) is 16.9 Å². The van der Waals surface area contributed by atoms with Crippen LogP contribution in [0.4, 0.5) is 0 Å². The zero-order valence-electron chi connectivity index (χ0n) is 13.3. The lowest BCUT2D eigenvalue weighted by molar-refractivity contribution is 0.310. The number of ether oxygens (including phenoxy) is 1. The fraction of sp³-hybridized carbons (Fsp3) is 0.278. The molecule has 2 aromatic carbocycles. The van der Waals surface area contributed by atoms with Gasteiger partial charge in [-0.1, -0.05) is 45.2 Å². The van der Waals surface area contributed by atoms with Crippen molar-refractivity contribution in [3.63, 3.8) is 0 Å². The Morgan fingerprint density at radius 1 is 1.17 bits per heavy atom. The Morgan fingerprint density at radius 2 is 1.92 bits per heavy atom. The van der Waals surface area contributed by atoms with Crippen molar-refractivity contribution >= 4 is 61.7 Å². The standard InChI is InChI=1S/C11H12BrNOS2.C7H7Cl/c12-5-1-2-6-14-8-3-4-9-10(7-8)16-11(15)13-9;1-6-2-4-7(8)5-3-6/h3-4,7H,1-2,5-6H2,(H,13,15);2-5H,1H3. The first kappa shape index (κ1) is 19.6. The van der Waals surface area contributed by atoms with Gasteiger partial charge in [0.05, 0.1) is 16.8 Å². The van der Waals surface area contributed by atoms with Crippen LogP contribution < -0.4 is 4.74 Å². The highest BCUT2D eigenvalue weighted by atomic mass is 79.9. The largest absolute Gasteiger partial charge is 0.494 e. The van der Waals surface area contributed by atoms with Crippen LogP contribution >= 0.6 is 51.5 Å². The quantitative estimate of drug-likeness (QED) is 0.266. The number of thiol groups is 1. The van der Waals surface area contributed by atoms with E-state index in [2.05, 4.69) is 33.5 Å². The number of alkyl halides is 1. The van der Waals surface area contributed by atoms with Crippen molar-refractivity contribution in [1.82, 2.24) is 4.98 Å². The second-order valence-electron chi connectivity index (χ2n) is 5.17. The second kappa shape index (κ2) is 10.3. The molecule has 0 N–H and O–H groups in total. The fourth-order valence-corrected chi connectivity index (χ4v) is 3.56. The number of fused-ring (bicyclic) bond motifs is 1. The van der Waals surface area contributed by atoms with Crippen LogP contribution in [0, 0.1) is 6.92 Å². The highest BCUT2D eigenvalue weighted by Gasteiger charge is 2.02. The molecule has 0 bridgehead atoms. The molecule has 0 saturated carbocycles. The lowest BCUT2D eigenvalue weighted by Gasteiger charge is -2.04. The molecule has 24 heavy (non-hydrogen) atoms. The number of aromatic nitrogens is 1. The molecule has 3 aromatic rings. The molecule has 0 amide bonds. The number of aryl methyl sites for hydroxylation is 1. The Morgan fingerprint density at radius 3 is 2.58 bits per heavy atom. The molecular formula is C18H19BrClNOS2. The summed E-state index contributed by atoms with van der Waals surface area (Å²) in [6, 6.07) is 13.7. The molecule has 0 fully saturated rings. The molecule has 0 unspecified atom stereocenters. The van der Waals surface area contributed by atoms with Crippen LogP contribution in [-0.2, 0) is 0 Å². The van der Waals surface area contributed by atoms with Gasteiger partial charge >= 0.3 is 0 Å². The molecule has 0 aliphatic rings. The van der Waals surface area contributed by atoms with E-state index in [-0.39, 0.29) is 0 Å². The van der Waals surface area contributed by atoms with E-state index in [9.17, 15) is 0 Å². The Balaban J connectivity index is 0.000000219. The summed E-state index contributed by atoms with van der Waals surface area (Å²) in [6.45, 7) is 2.81. The predicted octanol–water partition coefficient (Wildman–Crippen LogP) is 6.79. The molecule has 3 rings (SSSR count). The number of hydrogen-bond donors (Lipinski definition) is 1. The maximum absolute atomic E-state index is 5.66. The van der Waals surface area contributed by atoms with Crippen molar-refractivity contribution in [1.29, 1.82) is 0 Å². The highest BCUT2D eigenvalue weighted by Crippen LogP contribution is 2.28. The van der Waals surface area contributed by atoms with Crippen LogP contribution in [0.5, 0.6) is 5.75 Å². The Labute approximate surface area is 165 Å². The van der Waals surface area contributed by atoms with Gasteiger partial charge in [-0.25, -0.2) is 4.98 Å². The summed E-state index contributed by atoms with van der Waals surface area (Å²) < 4.78 is 7.58. The van der Waals surface area contributed by atoms with Gasteiger partial charge in [0.2, 0.25) is 0 Å². The van der Waals surface area contributed by atoms with Gasteiger partial charge in [-0.15, -0.1) is 24.0 Å². The van der Waals surface area contributed by atoms with Crippen molar-refractivity contribution in [3.05, 3.63) is 53.1 Å². The van der Waals surface area contributed by atoms with Crippen LogP contribution in [0.15, 0.2) is 46.8 Å². The van der Waals surface area contributed by atoms with Gasteiger partial charge in [0.1, 0.15) is 10.1 Å². The third-order valence-corrected chi connectivity index (χ3v) is 5.16. The molecule has 0 saturated heterocycles. The first-order valence-electron chi connectivity index (χ1n) is 7.59. The molecule has 1 aromatic heterocycles.